The molecule has 0 aliphatic carbocycles. The molecule has 1 saturated heterocycles. The Morgan fingerprint density at radius 1 is 1.29 bits per heavy atom. The van der Waals surface area contributed by atoms with E-state index in [1.807, 2.05) is 0 Å². The highest BCUT2D eigenvalue weighted by Gasteiger charge is 2.41. The van der Waals surface area contributed by atoms with Gasteiger partial charge in [0.15, 0.2) is 0 Å². The van der Waals surface area contributed by atoms with E-state index in [1.165, 1.54) is 31.0 Å². The SMILES string of the molecule is CC(=O)OC1CCN(C(C)=O)C1c1cc([N+](=O)[O-])c(NC(=O)c2ccccn2)cc1F. The standard InChI is InChI=1S/C20H19FN4O6/c1-11(26)24-8-6-18(31-12(2)27)19(24)13-9-17(25(29)30)16(10-14(13)21)23-20(28)15-5-3-4-7-22-15/h3-5,7,9-10,18-19H,6,8H2,1-2H3,(H,23,28). The van der Waals surface area contributed by atoms with E-state index in [2.05, 4.69) is 10.3 Å². The van der Waals surface area contributed by atoms with Gasteiger partial charge in [0.2, 0.25) is 5.91 Å². The van der Waals surface area contributed by atoms with Crippen LogP contribution in [0.3, 0.4) is 0 Å². The highest BCUT2D eigenvalue weighted by Crippen LogP contribution is 2.39. The second-order valence-corrected chi connectivity index (χ2v) is 6.91. The normalized spacial score (nSPS) is 17.8. The van der Waals surface area contributed by atoms with Crippen LogP contribution in [0.25, 0.3) is 0 Å². The number of aromatic nitrogens is 1. The summed E-state index contributed by atoms with van der Waals surface area (Å²) in [5.74, 6) is -2.65. The van der Waals surface area contributed by atoms with Crippen LogP contribution in [0.2, 0.25) is 0 Å². The molecule has 0 bridgehead atoms. The zero-order valence-corrected chi connectivity index (χ0v) is 16.7. The first kappa shape index (κ1) is 21.8. The molecule has 2 aromatic rings. The molecule has 1 aromatic carbocycles. The van der Waals surface area contributed by atoms with Gasteiger partial charge < -0.3 is 15.0 Å². The van der Waals surface area contributed by atoms with Gasteiger partial charge in [0.25, 0.3) is 11.6 Å². The molecule has 1 aliphatic heterocycles. The number of anilines is 1. The third-order valence-corrected chi connectivity index (χ3v) is 4.84. The average molecular weight is 430 g/mol. The highest BCUT2D eigenvalue weighted by molar-refractivity contribution is 6.04. The molecule has 3 rings (SSSR count). The molecule has 1 fully saturated rings. The van der Waals surface area contributed by atoms with E-state index in [4.69, 9.17) is 4.74 Å². The molecule has 2 amide bonds. The minimum atomic E-state index is -1.03. The first-order valence-electron chi connectivity index (χ1n) is 9.33. The van der Waals surface area contributed by atoms with E-state index in [1.54, 1.807) is 12.1 Å². The Morgan fingerprint density at radius 2 is 2.03 bits per heavy atom. The predicted molar refractivity (Wildman–Crippen MR) is 106 cm³/mol. The number of likely N-dealkylation sites (tertiary alicyclic amines) is 1. The summed E-state index contributed by atoms with van der Waals surface area (Å²) < 4.78 is 20.3. The van der Waals surface area contributed by atoms with Gasteiger partial charge in [-0.2, -0.15) is 0 Å². The Labute approximate surface area is 176 Å². The number of halogens is 1. The van der Waals surface area contributed by atoms with E-state index < -0.39 is 46.4 Å². The van der Waals surface area contributed by atoms with Gasteiger partial charge in [-0.25, -0.2) is 4.39 Å². The number of nitrogens with zero attached hydrogens (tertiary/aromatic N) is 3. The first-order valence-corrected chi connectivity index (χ1v) is 9.33. The van der Waals surface area contributed by atoms with E-state index in [-0.39, 0.29) is 29.9 Å². The molecule has 10 nitrogen and oxygen atoms in total. The van der Waals surface area contributed by atoms with Gasteiger partial charge in [-0.3, -0.25) is 29.5 Å². The van der Waals surface area contributed by atoms with Crippen LogP contribution < -0.4 is 5.32 Å². The van der Waals surface area contributed by atoms with Crippen molar-refractivity contribution in [3.8, 4) is 0 Å². The number of hydrogen-bond donors (Lipinski definition) is 1. The van der Waals surface area contributed by atoms with Crippen molar-refractivity contribution >= 4 is 29.2 Å². The minimum Gasteiger partial charge on any atom is -0.460 e. The highest BCUT2D eigenvalue weighted by atomic mass is 19.1. The van der Waals surface area contributed by atoms with Crippen molar-refractivity contribution in [3.63, 3.8) is 0 Å². The van der Waals surface area contributed by atoms with Gasteiger partial charge in [0.1, 0.15) is 23.3 Å². The Kier molecular flexibility index (Phi) is 6.23. The molecule has 1 N–H and O–H groups in total. The molecular weight excluding hydrogens is 411 g/mol. The molecule has 1 aromatic heterocycles. The summed E-state index contributed by atoms with van der Waals surface area (Å²) in [6.45, 7) is 2.66. The number of hydrogen-bond acceptors (Lipinski definition) is 7. The molecule has 11 heteroatoms. The van der Waals surface area contributed by atoms with Crippen molar-refractivity contribution in [1.82, 2.24) is 9.88 Å². The van der Waals surface area contributed by atoms with E-state index in [0.29, 0.717) is 0 Å². The summed E-state index contributed by atoms with van der Waals surface area (Å²) in [6.07, 6.45) is 0.776. The number of esters is 1. The van der Waals surface area contributed by atoms with Crippen molar-refractivity contribution in [1.29, 1.82) is 0 Å². The zero-order valence-electron chi connectivity index (χ0n) is 16.7. The van der Waals surface area contributed by atoms with Crippen molar-refractivity contribution < 1.29 is 28.4 Å². The number of nitro groups is 1. The number of nitrogens with one attached hydrogen (secondary N) is 1. The van der Waals surface area contributed by atoms with Crippen LogP contribution in [-0.2, 0) is 14.3 Å². The van der Waals surface area contributed by atoms with Crippen LogP contribution in [-0.4, -0.2) is 45.2 Å². The maximum Gasteiger partial charge on any atom is 0.302 e. The van der Waals surface area contributed by atoms with E-state index in [0.717, 1.165) is 12.1 Å². The van der Waals surface area contributed by atoms with Crippen LogP contribution >= 0.6 is 0 Å². The molecule has 2 heterocycles. The number of carbonyl (C=O) groups excluding carboxylic acids is 3. The summed E-state index contributed by atoms with van der Waals surface area (Å²) in [6, 6.07) is 5.29. The second-order valence-electron chi connectivity index (χ2n) is 6.91. The van der Waals surface area contributed by atoms with Gasteiger partial charge in [0.05, 0.1) is 11.0 Å². The third kappa shape index (κ3) is 4.65. The molecule has 2 atom stereocenters. The lowest BCUT2D eigenvalue weighted by molar-refractivity contribution is -0.384. The lowest BCUT2D eigenvalue weighted by Crippen LogP contribution is -2.33. The summed E-state index contributed by atoms with van der Waals surface area (Å²) in [4.78, 5) is 51.8. The number of carbonyl (C=O) groups is 3. The second kappa shape index (κ2) is 8.86. The molecule has 2 unspecified atom stereocenters. The molecule has 0 spiro atoms. The monoisotopic (exact) mass is 430 g/mol. The number of benzene rings is 1. The number of amides is 2. The lowest BCUT2D eigenvalue weighted by atomic mass is 9.99. The lowest BCUT2D eigenvalue weighted by Gasteiger charge is -2.27. The van der Waals surface area contributed by atoms with Gasteiger partial charge >= 0.3 is 5.97 Å². The Hall–Kier alpha value is -3.89. The van der Waals surface area contributed by atoms with Crippen molar-refractivity contribution in [2.45, 2.75) is 32.4 Å². The summed E-state index contributed by atoms with van der Waals surface area (Å²) >= 11 is 0. The topological polar surface area (TPSA) is 132 Å². The Morgan fingerprint density at radius 3 is 2.61 bits per heavy atom. The molecule has 1 aliphatic rings. The van der Waals surface area contributed by atoms with Crippen LogP contribution in [0.4, 0.5) is 15.8 Å². The smallest absolute Gasteiger partial charge is 0.302 e. The Bertz CT molecular complexity index is 1050. The van der Waals surface area contributed by atoms with Crippen LogP contribution in [0.5, 0.6) is 0 Å². The zero-order chi connectivity index (χ0) is 22.7. The fourth-order valence-corrected chi connectivity index (χ4v) is 3.56. The maximum absolute atomic E-state index is 15.1. The van der Waals surface area contributed by atoms with Gasteiger partial charge in [-0.1, -0.05) is 6.07 Å². The van der Waals surface area contributed by atoms with Crippen LogP contribution in [0.1, 0.15) is 42.4 Å². The molecule has 162 valence electrons. The number of rotatable bonds is 5. The average Bonchev–Trinajstić information content (AvgIpc) is 3.11. The fourth-order valence-electron chi connectivity index (χ4n) is 3.56. The molecule has 0 saturated carbocycles. The fraction of sp³-hybridized carbons (Fsp3) is 0.300. The van der Waals surface area contributed by atoms with Crippen molar-refractivity contribution in [3.05, 3.63) is 63.7 Å². The van der Waals surface area contributed by atoms with Gasteiger partial charge in [-0.15, -0.1) is 0 Å². The number of ether oxygens (including phenoxy) is 1. The molecule has 0 radical (unpaired) electrons. The van der Waals surface area contributed by atoms with Crippen molar-refractivity contribution in [2.75, 3.05) is 11.9 Å². The third-order valence-electron chi connectivity index (χ3n) is 4.84. The minimum absolute atomic E-state index is 0.00486. The summed E-state index contributed by atoms with van der Waals surface area (Å²) in [5, 5.41) is 13.9. The number of nitro benzene ring substituents is 1. The maximum atomic E-state index is 15.1. The quantitative estimate of drug-likeness (QED) is 0.438. The van der Waals surface area contributed by atoms with E-state index >= 15 is 4.39 Å². The van der Waals surface area contributed by atoms with Gasteiger partial charge in [-0.05, 0) is 12.1 Å². The predicted octanol–water partition coefficient (Wildman–Crippen LogP) is 2.61. The largest absolute Gasteiger partial charge is 0.460 e. The molecule has 31 heavy (non-hydrogen) atoms. The van der Waals surface area contributed by atoms with Crippen molar-refractivity contribution in [2.24, 2.45) is 0 Å². The number of pyridine rings is 1. The van der Waals surface area contributed by atoms with Crippen LogP contribution in [0, 0.1) is 15.9 Å². The summed E-state index contributed by atoms with van der Waals surface area (Å²) in [5.41, 5.74) is -1.12. The molecular formula is C20H19FN4O6. The first-order chi connectivity index (χ1) is 14.7. The van der Waals surface area contributed by atoms with E-state index in [9.17, 15) is 24.5 Å². The van der Waals surface area contributed by atoms with Gasteiger partial charge in [0, 0.05) is 50.7 Å². The van der Waals surface area contributed by atoms with Crippen LogP contribution in [0.15, 0.2) is 36.5 Å². The Balaban J connectivity index is 2.02. The summed E-state index contributed by atoms with van der Waals surface area (Å²) in [7, 11) is 0.